The van der Waals surface area contributed by atoms with Crippen molar-refractivity contribution in [1.29, 1.82) is 0 Å². The Morgan fingerprint density at radius 3 is 2.54 bits per heavy atom. The van der Waals surface area contributed by atoms with Crippen molar-refractivity contribution < 1.29 is 13.2 Å². The van der Waals surface area contributed by atoms with Crippen LogP contribution in [0.1, 0.15) is 33.1 Å². The lowest BCUT2D eigenvalue weighted by atomic mass is 9.94. The van der Waals surface area contributed by atoms with Crippen molar-refractivity contribution in [3.05, 3.63) is 70.8 Å². The fraction of sp³-hybridized carbons (Fsp3) is 0.278. The number of benzene rings is 2. The van der Waals surface area contributed by atoms with E-state index in [-0.39, 0.29) is 30.1 Å². The van der Waals surface area contributed by atoms with Crippen molar-refractivity contribution in [2.24, 2.45) is 5.14 Å². The van der Waals surface area contributed by atoms with E-state index in [2.05, 4.69) is 22.8 Å². The molecule has 0 fully saturated rings. The molecular formula is C18H22ClN3O3S. The third-order valence-electron chi connectivity index (χ3n) is 4.27. The number of fused-ring (bicyclic) bond motifs is 1. The van der Waals surface area contributed by atoms with Crippen molar-refractivity contribution in [3.8, 4) is 0 Å². The molecule has 0 saturated heterocycles. The average Bonchev–Trinajstić information content (AvgIpc) is 2.59. The minimum atomic E-state index is -3.57. The molecule has 8 heteroatoms. The number of carbonyl (C=O) groups is 1. The van der Waals surface area contributed by atoms with Crippen LogP contribution in [0.2, 0.25) is 0 Å². The molecular weight excluding hydrogens is 374 g/mol. The molecule has 4 N–H and O–H groups in total. The fourth-order valence-corrected chi connectivity index (χ4v) is 3.71. The fourth-order valence-electron chi connectivity index (χ4n) is 3.06. The highest BCUT2D eigenvalue weighted by Crippen LogP contribution is 2.21. The van der Waals surface area contributed by atoms with Crippen LogP contribution in [0.3, 0.4) is 0 Å². The van der Waals surface area contributed by atoms with E-state index in [9.17, 15) is 13.2 Å². The van der Waals surface area contributed by atoms with Gasteiger partial charge in [0.2, 0.25) is 10.0 Å². The molecule has 0 aromatic heterocycles. The van der Waals surface area contributed by atoms with E-state index >= 15 is 0 Å². The van der Waals surface area contributed by atoms with E-state index in [1.165, 1.54) is 11.1 Å². The van der Waals surface area contributed by atoms with Gasteiger partial charge >= 0.3 is 0 Å². The number of primary sulfonamides is 1. The third kappa shape index (κ3) is 5.28. The second-order valence-electron chi connectivity index (χ2n) is 6.17. The largest absolute Gasteiger partial charge is 0.350 e. The van der Waals surface area contributed by atoms with E-state index in [4.69, 9.17) is 5.14 Å². The second kappa shape index (κ2) is 8.64. The Morgan fingerprint density at radius 1 is 1.15 bits per heavy atom. The van der Waals surface area contributed by atoms with Gasteiger partial charge in [0.15, 0.2) is 0 Å². The molecule has 26 heavy (non-hydrogen) atoms. The number of carbonyl (C=O) groups excluding carboxylic acids is 1. The van der Waals surface area contributed by atoms with Crippen LogP contribution < -0.4 is 15.8 Å². The quantitative estimate of drug-likeness (QED) is 0.714. The third-order valence-corrected chi connectivity index (χ3v) is 5.00. The van der Waals surface area contributed by atoms with E-state index in [0.717, 1.165) is 13.0 Å². The summed E-state index contributed by atoms with van der Waals surface area (Å²) in [7, 11) is -3.57. The molecule has 0 aliphatic carbocycles. The summed E-state index contributed by atoms with van der Waals surface area (Å²) in [4.78, 5) is 12.3. The second-order valence-corrected chi connectivity index (χ2v) is 7.78. The highest BCUT2D eigenvalue weighted by Gasteiger charge is 2.19. The minimum absolute atomic E-state index is 0. The number of hydrogen-bond donors (Lipinski definition) is 3. The monoisotopic (exact) mass is 395 g/mol. The number of nitrogens with one attached hydrogen (secondary N) is 2. The van der Waals surface area contributed by atoms with E-state index in [1.54, 1.807) is 24.3 Å². The molecule has 1 aliphatic heterocycles. The lowest BCUT2D eigenvalue weighted by Crippen LogP contribution is -2.38. The van der Waals surface area contributed by atoms with Crippen LogP contribution in [0.4, 0.5) is 0 Å². The average molecular weight is 396 g/mol. The zero-order valence-corrected chi connectivity index (χ0v) is 15.8. The molecule has 3 rings (SSSR count). The van der Waals surface area contributed by atoms with Crippen molar-refractivity contribution in [1.82, 2.24) is 10.6 Å². The number of halogens is 1. The van der Waals surface area contributed by atoms with Gasteiger partial charge in [0.05, 0.1) is 5.75 Å². The summed E-state index contributed by atoms with van der Waals surface area (Å²) >= 11 is 0. The van der Waals surface area contributed by atoms with Crippen molar-refractivity contribution in [3.63, 3.8) is 0 Å². The first-order valence-electron chi connectivity index (χ1n) is 8.11. The number of sulfonamides is 1. The Kier molecular flexibility index (Phi) is 6.77. The number of amides is 1. The molecule has 1 aliphatic rings. The molecule has 6 nitrogen and oxygen atoms in total. The van der Waals surface area contributed by atoms with Crippen LogP contribution in [-0.2, 0) is 22.2 Å². The van der Waals surface area contributed by atoms with E-state index in [0.29, 0.717) is 17.7 Å². The summed E-state index contributed by atoms with van der Waals surface area (Å²) in [5.74, 6) is -0.426. The van der Waals surface area contributed by atoms with E-state index < -0.39 is 10.0 Å². The number of hydrogen-bond acceptors (Lipinski definition) is 4. The zero-order valence-electron chi connectivity index (χ0n) is 14.1. The smallest absolute Gasteiger partial charge is 0.251 e. The first-order valence-corrected chi connectivity index (χ1v) is 9.83. The molecule has 140 valence electrons. The summed E-state index contributed by atoms with van der Waals surface area (Å²) in [5.41, 5.74) is 3.58. The topological polar surface area (TPSA) is 101 Å². The van der Waals surface area contributed by atoms with Gasteiger partial charge in [0.25, 0.3) is 5.91 Å². The van der Waals surface area contributed by atoms with Crippen LogP contribution >= 0.6 is 12.4 Å². The van der Waals surface area contributed by atoms with Gasteiger partial charge in [0.1, 0.15) is 0 Å². The molecule has 0 saturated carbocycles. The molecule has 0 radical (unpaired) electrons. The van der Waals surface area contributed by atoms with Crippen LogP contribution in [0.15, 0.2) is 48.5 Å². The number of rotatable bonds is 5. The first kappa shape index (κ1) is 20.4. The SMILES string of the molecule is Cl.NS(=O)(=O)Cc1ccc(C(=O)NCC2NCCc3ccccc32)cc1. The maximum absolute atomic E-state index is 12.3. The highest BCUT2D eigenvalue weighted by molar-refractivity contribution is 7.88. The summed E-state index contributed by atoms with van der Waals surface area (Å²) in [6.07, 6.45) is 0.992. The van der Waals surface area contributed by atoms with Gasteiger partial charge in [-0.25, -0.2) is 13.6 Å². The van der Waals surface area contributed by atoms with Crippen LogP contribution in [0, 0.1) is 0 Å². The molecule has 1 heterocycles. The molecule has 0 bridgehead atoms. The maximum atomic E-state index is 12.3. The van der Waals surface area contributed by atoms with E-state index in [1.807, 2.05) is 12.1 Å². The van der Waals surface area contributed by atoms with Crippen LogP contribution in [0.25, 0.3) is 0 Å². The summed E-state index contributed by atoms with van der Waals surface area (Å²) < 4.78 is 22.2. The Morgan fingerprint density at radius 2 is 1.85 bits per heavy atom. The van der Waals surface area contributed by atoms with Gasteiger partial charge in [-0.2, -0.15) is 0 Å². The van der Waals surface area contributed by atoms with Gasteiger partial charge in [-0.15, -0.1) is 12.4 Å². The minimum Gasteiger partial charge on any atom is -0.350 e. The molecule has 1 unspecified atom stereocenters. The summed E-state index contributed by atoms with van der Waals surface area (Å²) in [6.45, 7) is 1.38. The molecule has 1 amide bonds. The highest BCUT2D eigenvalue weighted by atomic mass is 35.5. The van der Waals surface area contributed by atoms with Gasteiger partial charge in [-0.1, -0.05) is 36.4 Å². The zero-order chi connectivity index (χ0) is 17.9. The van der Waals surface area contributed by atoms with Gasteiger partial charge < -0.3 is 10.6 Å². The Bertz CT molecular complexity index is 870. The Labute approximate surface area is 159 Å². The van der Waals surface area contributed by atoms with Crippen molar-refractivity contribution in [2.45, 2.75) is 18.2 Å². The normalized spacial score (nSPS) is 16.3. The first-order chi connectivity index (χ1) is 11.9. The molecule has 2 aromatic carbocycles. The van der Waals surface area contributed by atoms with Crippen molar-refractivity contribution in [2.75, 3.05) is 13.1 Å². The number of nitrogens with two attached hydrogens (primary N) is 1. The van der Waals surface area contributed by atoms with Crippen LogP contribution in [-0.4, -0.2) is 27.4 Å². The predicted molar refractivity (Wildman–Crippen MR) is 104 cm³/mol. The summed E-state index contributed by atoms with van der Waals surface area (Å²) in [6, 6.07) is 14.8. The summed E-state index contributed by atoms with van der Waals surface area (Å²) in [5, 5.41) is 11.4. The predicted octanol–water partition coefficient (Wildman–Crippen LogP) is 1.51. The van der Waals surface area contributed by atoms with Gasteiger partial charge in [-0.3, -0.25) is 4.79 Å². The standard InChI is InChI=1S/C18H21N3O3S.ClH/c19-25(23,24)12-13-5-7-15(8-6-13)18(22)21-11-17-16-4-2-1-3-14(16)9-10-20-17;/h1-8,17,20H,9-12H2,(H,21,22)(H2,19,23,24);1H. The lowest BCUT2D eigenvalue weighted by molar-refractivity contribution is 0.0949. The maximum Gasteiger partial charge on any atom is 0.251 e. The van der Waals surface area contributed by atoms with Gasteiger partial charge in [0, 0.05) is 18.2 Å². The van der Waals surface area contributed by atoms with Crippen molar-refractivity contribution >= 4 is 28.3 Å². The Hall–Kier alpha value is -1.93. The van der Waals surface area contributed by atoms with Gasteiger partial charge in [-0.05, 0) is 41.8 Å². The molecule has 1 atom stereocenters. The molecule has 0 spiro atoms. The van der Waals surface area contributed by atoms with Crippen LogP contribution in [0.5, 0.6) is 0 Å². The molecule has 2 aromatic rings. The Balaban J connectivity index is 0.00000243. The lowest BCUT2D eigenvalue weighted by Gasteiger charge is -2.27.